The second kappa shape index (κ2) is 5.54. The first kappa shape index (κ1) is 13.6. The number of aromatic nitrogens is 2. The van der Waals surface area contributed by atoms with Gasteiger partial charge in [-0.05, 0) is 24.3 Å². The number of imidazole rings is 1. The zero-order valence-electron chi connectivity index (χ0n) is 11.5. The summed E-state index contributed by atoms with van der Waals surface area (Å²) >= 11 is 5.00. The van der Waals surface area contributed by atoms with Gasteiger partial charge in [0, 0.05) is 24.2 Å². The smallest absolute Gasteiger partial charge is 0.141 e. The average Bonchev–Trinajstić information content (AvgIpc) is 2.84. The molecule has 3 rings (SSSR count). The molecule has 0 radical (unpaired) electrons. The van der Waals surface area contributed by atoms with Crippen LogP contribution < -0.4 is 11.5 Å². The van der Waals surface area contributed by atoms with Gasteiger partial charge >= 0.3 is 0 Å². The fourth-order valence-electron chi connectivity index (χ4n) is 2.42. The summed E-state index contributed by atoms with van der Waals surface area (Å²) in [5.41, 5.74) is 15.3. The third kappa shape index (κ3) is 2.73. The van der Waals surface area contributed by atoms with Crippen molar-refractivity contribution in [1.82, 2.24) is 9.55 Å². The van der Waals surface area contributed by atoms with Gasteiger partial charge in [-0.3, -0.25) is 0 Å². The van der Waals surface area contributed by atoms with Gasteiger partial charge < -0.3 is 16.0 Å². The second-order valence-corrected chi connectivity index (χ2v) is 5.44. The molecule has 0 bridgehead atoms. The summed E-state index contributed by atoms with van der Waals surface area (Å²) in [5, 5.41) is 0. The van der Waals surface area contributed by atoms with Crippen molar-refractivity contribution in [1.29, 1.82) is 0 Å². The maximum Gasteiger partial charge on any atom is 0.141 e. The SMILES string of the molecule is NC(=S)CCn1c(-c2cccc(N)c2)nc2ccccc21. The zero-order valence-corrected chi connectivity index (χ0v) is 12.3. The molecule has 4 nitrogen and oxygen atoms in total. The summed E-state index contributed by atoms with van der Waals surface area (Å²) in [5.74, 6) is 0.889. The molecule has 0 unspecified atom stereocenters. The van der Waals surface area contributed by atoms with Crippen LogP contribution in [0.2, 0.25) is 0 Å². The Morgan fingerprint density at radius 1 is 1.14 bits per heavy atom. The van der Waals surface area contributed by atoms with E-state index in [0.717, 1.165) is 28.1 Å². The average molecular weight is 296 g/mol. The highest BCUT2D eigenvalue weighted by Crippen LogP contribution is 2.26. The van der Waals surface area contributed by atoms with E-state index < -0.39 is 0 Å². The van der Waals surface area contributed by atoms with Crippen molar-refractivity contribution >= 4 is 33.9 Å². The quantitative estimate of drug-likeness (QED) is 0.573. The fraction of sp³-hybridized carbons (Fsp3) is 0.125. The summed E-state index contributed by atoms with van der Waals surface area (Å²) in [6.07, 6.45) is 0.644. The highest BCUT2D eigenvalue weighted by Gasteiger charge is 2.12. The summed E-state index contributed by atoms with van der Waals surface area (Å²) in [7, 11) is 0. The lowest BCUT2D eigenvalue weighted by atomic mass is 10.2. The van der Waals surface area contributed by atoms with E-state index in [1.165, 1.54) is 0 Å². The van der Waals surface area contributed by atoms with Crippen LogP contribution >= 0.6 is 12.2 Å². The van der Waals surface area contributed by atoms with Crippen molar-refractivity contribution in [2.24, 2.45) is 5.73 Å². The number of nitrogens with zero attached hydrogens (tertiary/aromatic N) is 2. The van der Waals surface area contributed by atoms with Crippen LogP contribution in [0.4, 0.5) is 5.69 Å². The van der Waals surface area contributed by atoms with Crippen molar-refractivity contribution in [3.05, 3.63) is 48.5 Å². The number of hydrogen-bond donors (Lipinski definition) is 2. The minimum absolute atomic E-state index is 0.506. The van der Waals surface area contributed by atoms with Crippen molar-refractivity contribution in [3.8, 4) is 11.4 Å². The molecule has 1 aromatic heterocycles. The van der Waals surface area contributed by atoms with Gasteiger partial charge in [0.2, 0.25) is 0 Å². The molecule has 0 aliphatic heterocycles. The Labute approximate surface area is 128 Å². The maximum absolute atomic E-state index is 5.88. The number of anilines is 1. The Morgan fingerprint density at radius 3 is 2.71 bits per heavy atom. The first-order chi connectivity index (χ1) is 10.1. The van der Waals surface area contributed by atoms with Crippen molar-refractivity contribution in [3.63, 3.8) is 0 Å². The van der Waals surface area contributed by atoms with Gasteiger partial charge in [0.25, 0.3) is 0 Å². The Kier molecular flexibility index (Phi) is 3.58. The number of aryl methyl sites for hydroxylation is 1. The van der Waals surface area contributed by atoms with Crippen LogP contribution in [0.1, 0.15) is 6.42 Å². The lowest BCUT2D eigenvalue weighted by Crippen LogP contribution is -2.12. The van der Waals surface area contributed by atoms with Gasteiger partial charge in [0.05, 0.1) is 16.0 Å². The lowest BCUT2D eigenvalue weighted by Gasteiger charge is -2.09. The molecule has 3 aromatic rings. The molecule has 2 aromatic carbocycles. The maximum atomic E-state index is 5.88. The Hall–Kier alpha value is -2.40. The third-order valence-electron chi connectivity index (χ3n) is 3.38. The number of fused-ring (bicyclic) bond motifs is 1. The molecule has 5 heteroatoms. The molecule has 0 saturated heterocycles. The number of thiocarbonyl (C=S) groups is 1. The van der Waals surface area contributed by atoms with E-state index in [1.54, 1.807) is 0 Å². The molecule has 0 aliphatic carbocycles. The highest BCUT2D eigenvalue weighted by molar-refractivity contribution is 7.80. The number of nitrogens with two attached hydrogens (primary N) is 2. The predicted octanol–water partition coefficient (Wildman–Crippen LogP) is 2.96. The topological polar surface area (TPSA) is 69.9 Å². The number of hydrogen-bond acceptors (Lipinski definition) is 3. The van der Waals surface area contributed by atoms with E-state index in [9.17, 15) is 0 Å². The van der Waals surface area contributed by atoms with E-state index >= 15 is 0 Å². The summed E-state index contributed by atoms with van der Waals surface area (Å²) in [6.45, 7) is 0.708. The first-order valence-electron chi connectivity index (χ1n) is 6.74. The number of para-hydroxylation sites is 2. The second-order valence-electron chi connectivity index (χ2n) is 4.92. The summed E-state index contributed by atoms with van der Waals surface area (Å²) in [6, 6.07) is 15.8. The van der Waals surface area contributed by atoms with Crippen LogP contribution in [0, 0.1) is 0 Å². The minimum Gasteiger partial charge on any atom is -0.399 e. The van der Waals surface area contributed by atoms with E-state index in [1.807, 2.05) is 42.5 Å². The van der Waals surface area contributed by atoms with Gasteiger partial charge in [-0.15, -0.1) is 0 Å². The van der Waals surface area contributed by atoms with Crippen molar-refractivity contribution in [2.45, 2.75) is 13.0 Å². The number of nitrogen functional groups attached to an aromatic ring is 1. The van der Waals surface area contributed by atoms with E-state index in [0.29, 0.717) is 18.0 Å². The van der Waals surface area contributed by atoms with Crippen LogP contribution in [0.25, 0.3) is 22.4 Å². The Bertz CT molecular complexity index is 807. The molecule has 0 fully saturated rings. The van der Waals surface area contributed by atoms with Crippen LogP contribution in [0.3, 0.4) is 0 Å². The monoisotopic (exact) mass is 296 g/mol. The van der Waals surface area contributed by atoms with Gasteiger partial charge in [-0.2, -0.15) is 0 Å². The van der Waals surface area contributed by atoms with Gasteiger partial charge in [0.15, 0.2) is 0 Å². The van der Waals surface area contributed by atoms with Gasteiger partial charge in [-0.1, -0.05) is 36.5 Å². The molecule has 0 saturated carbocycles. The Morgan fingerprint density at radius 2 is 1.95 bits per heavy atom. The van der Waals surface area contributed by atoms with Crippen molar-refractivity contribution < 1.29 is 0 Å². The first-order valence-corrected chi connectivity index (χ1v) is 7.15. The van der Waals surface area contributed by atoms with Crippen LogP contribution in [-0.2, 0) is 6.54 Å². The number of benzene rings is 2. The van der Waals surface area contributed by atoms with E-state index in [4.69, 9.17) is 28.7 Å². The molecule has 0 atom stereocenters. The van der Waals surface area contributed by atoms with Crippen LogP contribution in [0.15, 0.2) is 48.5 Å². The molecule has 0 amide bonds. The molecule has 106 valence electrons. The standard InChI is InChI=1S/C16H16N4S/c17-12-5-3-4-11(10-12)16-19-13-6-1-2-7-14(13)20(16)9-8-15(18)21/h1-7,10H,8-9,17H2,(H2,18,21). The lowest BCUT2D eigenvalue weighted by molar-refractivity contribution is 0.757. The molecule has 0 spiro atoms. The third-order valence-corrected chi connectivity index (χ3v) is 3.59. The van der Waals surface area contributed by atoms with Gasteiger partial charge in [0.1, 0.15) is 5.82 Å². The zero-order chi connectivity index (χ0) is 14.8. The molecule has 0 aliphatic rings. The summed E-state index contributed by atoms with van der Waals surface area (Å²) < 4.78 is 2.14. The molecule has 1 heterocycles. The molecule has 4 N–H and O–H groups in total. The van der Waals surface area contributed by atoms with Crippen LogP contribution in [-0.4, -0.2) is 14.5 Å². The summed E-state index contributed by atoms with van der Waals surface area (Å²) in [4.78, 5) is 5.23. The van der Waals surface area contributed by atoms with E-state index in [2.05, 4.69) is 10.6 Å². The van der Waals surface area contributed by atoms with Crippen LogP contribution in [0.5, 0.6) is 0 Å². The van der Waals surface area contributed by atoms with Gasteiger partial charge in [-0.25, -0.2) is 4.98 Å². The van der Waals surface area contributed by atoms with Crippen molar-refractivity contribution in [2.75, 3.05) is 5.73 Å². The Balaban J connectivity index is 2.16. The van der Waals surface area contributed by atoms with E-state index in [-0.39, 0.29) is 0 Å². The molecular weight excluding hydrogens is 280 g/mol. The number of rotatable bonds is 4. The normalized spacial score (nSPS) is 10.9. The molecule has 21 heavy (non-hydrogen) atoms. The predicted molar refractivity (Wildman–Crippen MR) is 91.0 cm³/mol. The highest BCUT2D eigenvalue weighted by atomic mass is 32.1. The molecular formula is C16H16N4S. The largest absolute Gasteiger partial charge is 0.399 e. The fourth-order valence-corrected chi connectivity index (χ4v) is 2.51. The minimum atomic E-state index is 0.506.